The van der Waals surface area contributed by atoms with Crippen molar-refractivity contribution in [3.63, 3.8) is 0 Å². The summed E-state index contributed by atoms with van der Waals surface area (Å²) < 4.78 is 0. The van der Waals surface area contributed by atoms with Crippen molar-refractivity contribution in [1.82, 2.24) is 10.2 Å². The van der Waals surface area contributed by atoms with Gasteiger partial charge in [-0.15, -0.1) is 0 Å². The molecule has 2 saturated heterocycles. The maximum Gasteiger partial charge on any atom is 0.252 e. The van der Waals surface area contributed by atoms with E-state index in [1.54, 1.807) is 0 Å². The molecular weight excluding hydrogens is 334 g/mol. The number of carbonyl (C=O) groups is 1. The maximum absolute atomic E-state index is 13.3. The normalized spacial score (nSPS) is 25.5. The second-order valence-electron chi connectivity index (χ2n) is 8.29. The number of hydrogen-bond donors (Lipinski definition) is 2. The molecule has 0 aromatic heterocycles. The molecule has 4 rings (SSSR count). The molecule has 2 aliphatic heterocycles. The molecule has 0 spiro atoms. The summed E-state index contributed by atoms with van der Waals surface area (Å²) in [4.78, 5) is 15.8. The van der Waals surface area contributed by atoms with Gasteiger partial charge in [0.1, 0.15) is 0 Å². The zero-order valence-corrected chi connectivity index (χ0v) is 16.5. The summed E-state index contributed by atoms with van der Waals surface area (Å²) >= 11 is 0. The van der Waals surface area contributed by atoms with E-state index in [4.69, 9.17) is 5.73 Å². The van der Waals surface area contributed by atoms with E-state index < -0.39 is 0 Å². The highest BCUT2D eigenvalue weighted by Gasteiger charge is 2.54. The summed E-state index contributed by atoms with van der Waals surface area (Å²) in [5.41, 5.74) is 10.7. The number of hydrogen-bond acceptors (Lipinski definition) is 3. The second kappa shape index (κ2) is 6.68. The van der Waals surface area contributed by atoms with E-state index >= 15 is 0 Å². The lowest BCUT2D eigenvalue weighted by Crippen LogP contribution is -2.51. The zero-order chi connectivity index (χ0) is 19.2. The van der Waals surface area contributed by atoms with Crippen LogP contribution >= 0.6 is 0 Å². The number of carbonyl (C=O) groups excluding carboxylic acids is 1. The smallest absolute Gasteiger partial charge is 0.252 e. The van der Waals surface area contributed by atoms with Crippen molar-refractivity contribution in [2.75, 3.05) is 12.8 Å². The van der Waals surface area contributed by atoms with Crippen LogP contribution in [0.15, 0.2) is 42.5 Å². The molecule has 2 aromatic rings. The molecule has 1 amide bonds. The molecule has 2 heterocycles. The summed E-state index contributed by atoms with van der Waals surface area (Å²) in [6.07, 6.45) is 4.63. The van der Waals surface area contributed by atoms with Crippen LogP contribution in [0.25, 0.3) is 0 Å². The number of likely N-dealkylation sites (N-methyl/N-ethyl adjacent to an activating group) is 1. The van der Waals surface area contributed by atoms with Gasteiger partial charge in [-0.25, -0.2) is 0 Å². The largest absolute Gasteiger partial charge is 0.399 e. The SMILES string of the molecule is Cc1cccc(C)c1C(=O)NC(c1cccc(N)c1)C12CCC(CC1)N2C. The van der Waals surface area contributed by atoms with Crippen LogP contribution in [-0.4, -0.2) is 29.4 Å². The Hall–Kier alpha value is -2.33. The molecule has 3 N–H and O–H groups in total. The van der Waals surface area contributed by atoms with Crippen molar-refractivity contribution < 1.29 is 4.79 Å². The van der Waals surface area contributed by atoms with E-state index in [0.29, 0.717) is 6.04 Å². The second-order valence-corrected chi connectivity index (χ2v) is 8.29. The van der Waals surface area contributed by atoms with E-state index in [0.717, 1.165) is 40.8 Å². The fourth-order valence-electron chi connectivity index (χ4n) is 5.34. The monoisotopic (exact) mass is 363 g/mol. The number of rotatable bonds is 4. The van der Waals surface area contributed by atoms with Crippen molar-refractivity contribution in [3.8, 4) is 0 Å². The minimum Gasteiger partial charge on any atom is -0.399 e. The van der Waals surface area contributed by atoms with Crippen molar-refractivity contribution in [2.45, 2.75) is 57.2 Å². The van der Waals surface area contributed by atoms with E-state index in [2.05, 4.69) is 23.3 Å². The Morgan fingerprint density at radius 3 is 2.33 bits per heavy atom. The molecule has 2 fully saturated rings. The van der Waals surface area contributed by atoms with Crippen LogP contribution in [0.1, 0.15) is 58.8 Å². The van der Waals surface area contributed by atoms with Gasteiger partial charge in [-0.2, -0.15) is 0 Å². The first-order chi connectivity index (χ1) is 12.9. The molecule has 4 heteroatoms. The van der Waals surface area contributed by atoms with Crippen molar-refractivity contribution in [2.24, 2.45) is 0 Å². The predicted octanol–water partition coefficient (Wildman–Crippen LogP) is 3.98. The number of aryl methyl sites for hydroxylation is 2. The van der Waals surface area contributed by atoms with E-state index in [1.807, 2.05) is 50.2 Å². The van der Waals surface area contributed by atoms with Gasteiger partial charge in [0.15, 0.2) is 0 Å². The van der Waals surface area contributed by atoms with Crippen LogP contribution in [0.2, 0.25) is 0 Å². The summed E-state index contributed by atoms with van der Waals surface area (Å²) in [6.45, 7) is 4.01. The van der Waals surface area contributed by atoms with Gasteiger partial charge >= 0.3 is 0 Å². The van der Waals surface area contributed by atoms with Crippen LogP contribution in [-0.2, 0) is 0 Å². The van der Waals surface area contributed by atoms with Gasteiger partial charge in [-0.1, -0.05) is 30.3 Å². The van der Waals surface area contributed by atoms with Gasteiger partial charge in [-0.3, -0.25) is 9.69 Å². The third-order valence-corrected chi connectivity index (χ3v) is 6.84. The first-order valence-electron chi connectivity index (χ1n) is 9.88. The number of amides is 1. The molecule has 1 unspecified atom stereocenters. The number of nitrogens with zero attached hydrogens (tertiary/aromatic N) is 1. The first kappa shape index (κ1) is 18.1. The summed E-state index contributed by atoms with van der Waals surface area (Å²) in [6, 6.07) is 14.6. The molecule has 2 bridgehead atoms. The highest BCUT2D eigenvalue weighted by atomic mass is 16.1. The molecule has 0 radical (unpaired) electrons. The molecular formula is C23H29N3O. The number of benzene rings is 2. The minimum absolute atomic E-state index is 0.0103. The van der Waals surface area contributed by atoms with Gasteiger partial charge in [0, 0.05) is 22.8 Å². The molecule has 4 nitrogen and oxygen atoms in total. The Morgan fingerprint density at radius 1 is 1.15 bits per heavy atom. The van der Waals surface area contributed by atoms with Gasteiger partial charge in [0.2, 0.25) is 0 Å². The first-order valence-corrected chi connectivity index (χ1v) is 9.88. The highest BCUT2D eigenvalue weighted by molar-refractivity contribution is 5.97. The molecule has 142 valence electrons. The molecule has 0 aliphatic carbocycles. The fourth-order valence-corrected chi connectivity index (χ4v) is 5.34. The average molecular weight is 364 g/mol. The van der Waals surface area contributed by atoms with Crippen LogP contribution in [0.3, 0.4) is 0 Å². The molecule has 0 saturated carbocycles. The number of anilines is 1. The van der Waals surface area contributed by atoms with Crippen LogP contribution < -0.4 is 11.1 Å². The quantitative estimate of drug-likeness (QED) is 0.808. The van der Waals surface area contributed by atoms with Crippen molar-refractivity contribution in [3.05, 3.63) is 64.7 Å². The summed E-state index contributed by atoms with van der Waals surface area (Å²) in [7, 11) is 2.22. The lowest BCUT2D eigenvalue weighted by Gasteiger charge is -2.41. The molecule has 27 heavy (non-hydrogen) atoms. The van der Waals surface area contributed by atoms with Gasteiger partial charge in [-0.05, 0) is 75.4 Å². The molecule has 1 atom stereocenters. The summed E-state index contributed by atoms with van der Waals surface area (Å²) in [5, 5.41) is 3.41. The Balaban J connectivity index is 1.74. The van der Waals surface area contributed by atoms with E-state index in [9.17, 15) is 4.79 Å². The van der Waals surface area contributed by atoms with Crippen molar-refractivity contribution >= 4 is 11.6 Å². The number of fused-ring (bicyclic) bond motifs is 2. The molecule has 2 aliphatic rings. The van der Waals surface area contributed by atoms with Gasteiger partial charge in [0.05, 0.1) is 6.04 Å². The average Bonchev–Trinajstić information content (AvgIpc) is 3.12. The Bertz CT molecular complexity index is 847. The maximum atomic E-state index is 13.3. The zero-order valence-electron chi connectivity index (χ0n) is 16.5. The standard InChI is InChI=1S/C23H29N3O/c1-15-6-4-7-16(2)20(15)22(27)25-21(17-8-5-9-18(24)14-17)23-12-10-19(11-13-23)26(23)3/h4-9,14,19,21H,10-13,24H2,1-3H3,(H,25,27). The lowest BCUT2D eigenvalue weighted by molar-refractivity contribution is 0.0836. The number of nitrogen functional groups attached to an aromatic ring is 1. The number of nitrogens with one attached hydrogen (secondary N) is 1. The highest BCUT2D eigenvalue weighted by Crippen LogP contribution is 2.51. The topological polar surface area (TPSA) is 58.4 Å². The van der Waals surface area contributed by atoms with Crippen molar-refractivity contribution in [1.29, 1.82) is 0 Å². The van der Waals surface area contributed by atoms with E-state index in [-0.39, 0.29) is 17.5 Å². The minimum atomic E-state index is -0.0648. The predicted molar refractivity (Wildman–Crippen MR) is 110 cm³/mol. The Morgan fingerprint density at radius 2 is 1.78 bits per heavy atom. The number of nitrogens with two attached hydrogens (primary N) is 1. The Labute approximate surface area is 161 Å². The third kappa shape index (κ3) is 2.92. The Kier molecular flexibility index (Phi) is 4.47. The van der Waals surface area contributed by atoms with Crippen LogP contribution in [0.5, 0.6) is 0 Å². The van der Waals surface area contributed by atoms with Crippen LogP contribution in [0.4, 0.5) is 5.69 Å². The third-order valence-electron chi connectivity index (χ3n) is 6.84. The fraction of sp³-hybridized carbons (Fsp3) is 0.435. The van der Waals surface area contributed by atoms with Gasteiger partial charge < -0.3 is 11.1 Å². The van der Waals surface area contributed by atoms with E-state index in [1.165, 1.54) is 12.8 Å². The van der Waals surface area contributed by atoms with Gasteiger partial charge in [0.25, 0.3) is 5.91 Å². The molecule has 2 aromatic carbocycles. The van der Waals surface area contributed by atoms with Crippen LogP contribution in [0, 0.1) is 13.8 Å². The lowest BCUT2D eigenvalue weighted by atomic mass is 9.78. The summed E-state index contributed by atoms with van der Waals surface area (Å²) in [5.74, 6) is 0.0103.